The van der Waals surface area contributed by atoms with E-state index in [0.717, 1.165) is 0 Å². The molecule has 0 bridgehead atoms. The third kappa shape index (κ3) is 6.91. The van der Waals surface area contributed by atoms with E-state index in [-0.39, 0.29) is 37.7 Å². The largest absolute Gasteiger partial charge is 0.508 e. The summed E-state index contributed by atoms with van der Waals surface area (Å²) in [6, 6.07) is 4.85. The van der Waals surface area contributed by atoms with Crippen LogP contribution in [0.1, 0.15) is 5.56 Å². The first-order valence-corrected chi connectivity index (χ1v) is 6.19. The summed E-state index contributed by atoms with van der Waals surface area (Å²) >= 11 is 0. The van der Waals surface area contributed by atoms with Crippen LogP contribution >= 0.6 is 12.4 Å². The second kappa shape index (κ2) is 9.59. The molecular weight excluding hydrogens is 314 g/mol. The van der Waals surface area contributed by atoms with E-state index in [1.165, 1.54) is 12.1 Å². The van der Waals surface area contributed by atoms with Crippen molar-refractivity contribution >= 4 is 30.2 Å². The van der Waals surface area contributed by atoms with Gasteiger partial charge in [0.05, 0.1) is 13.1 Å². The minimum absolute atomic E-state index is 0. The van der Waals surface area contributed by atoms with Crippen LogP contribution in [-0.2, 0) is 20.8 Å². The molecule has 0 spiro atoms. The maximum atomic E-state index is 11.6. The van der Waals surface area contributed by atoms with E-state index in [1.54, 1.807) is 12.1 Å². The summed E-state index contributed by atoms with van der Waals surface area (Å²) < 4.78 is 0. The van der Waals surface area contributed by atoms with Crippen LogP contribution in [0.15, 0.2) is 24.3 Å². The Kier molecular flexibility index (Phi) is 8.58. The van der Waals surface area contributed by atoms with Crippen molar-refractivity contribution in [1.29, 1.82) is 0 Å². The molecule has 2 amide bonds. The zero-order valence-electron chi connectivity index (χ0n) is 11.6. The Morgan fingerprint density at radius 2 is 1.73 bits per heavy atom. The monoisotopic (exact) mass is 331 g/mol. The SMILES string of the molecule is Cl.NCC(=O)NCC(=O)NC(Cc1ccc(O)cc1)C(=O)O. The Labute approximate surface area is 133 Å². The molecule has 1 unspecified atom stereocenters. The lowest BCUT2D eigenvalue weighted by molar-refractivity contribution is -0.141. The minimum Gasteiger partial charge on any atom is -0.508 e. The molecule has 0 aliphatic rings. The number of phenols is 1. The average Bonchev–Trinajstić information content (AvgIpc) is 2.46. The van der Waals surface area contributed by atoms with E-state index < -0.39 is 23.8 Å². The van der Waals surface area contributed by atoms with Crippen molar-refractivity contribution in [2.24, 2.45) is 5.73 Å². The van der Waals surface area contributed by atoms with Crippen molar-refractivity contribution < 1.29 is 24.6 Å². The summed E-state index contributed by atoms with van der Waals surface area (Å²) in [4.78, 5) is 33.6. The quantitative estimate of drug-likeness (QED) is 0.434. The van der Waals surface area contributed by atoms with Crippen molar-refractivity contribution in [3.8, 4) is 5.75 Å². The molecule has 0 saturated heterocycles. The predicted molar refractivity (Wildman–Crippen MR) is 80.7 cm³/mol. The van der Waals surface area contributed by atoms with Crippen LogP contribution in [0.25, 0.3) is 0 Å². The highest BCUT2D eigenvalue weighted by Gasteiger charge is 2.20. The van der Waals surface area contributed by atoms with E-state index in [0.29, 0.717) is 5.56 Å². The number of amides is 2. The zero-order valence-corrected chi connectivity index (χ0v) is 12.4. The standard InChI is InChI=1S/C13H17N3O5.ClH/c14-6-11(18)15-7-12(19)16-10(13(20)21)5-8-1-3-9(17)4-2-8;/h1-4,10,17H,5-7,14H2,(H,15,18)(H,16,19)(H,20,21);1H. The smallest absolute Gasteiger partial charge is 0.326 e. The first-order valence-electron chi connectivity index (χ1n) is 6.19. The van der Waals surface area contributed by atoms with Gasteiger partial charge in [0.25, 0.3) is 0 Å². The number of phenolic OH excluding ortho intramolecular Hbond substituents is 1. The Balaban J connectivity index is 0.00000441. The summed E-state index contributed by atoms with van der Waals surface area (Å²) in [5, 5.41) is 22.8. The van der Waals surface area contributed by atoms with Gasteiger partial charge < -0.3 is 26.6 Å². The fraction of sp³-hybridized carbons (Fsp3) is 0.308. The number of carboxylic acids is 1. The van der Waals surface area contributed by atoms with Gasteiger partial charge in [0.2, 0.25) is 11.8 Å². The second-order valence-electron chi connectivity index (χ2n) is 4.31. The Morgan fingerprint density at radius 3 is 2.23 bits per heavy atom. The number of carboxylic acid groups (broad SMARTS) is 1. The molecule has 1 aromatic rings. The number of carbonyl (C=O) groups is 3. The molecule has 9 heteroatoms. The number of halogens is 1. The van der Waals surface area contributed by atoms with Gasteiger partial charge in [-0.25, -0.2) is 4.79 Å². The molecule has 0 aliphatic carbocycles. The van der Waals surface area contributed by atoms with E-state index in [1.807, 2.05) is 0 Å². The molecular formula is C13H18ClN3O5. The van der Waals surface area contributed by atoms with E-state index in [4.69, 9.17) is 15.9 Å². The molecule has 0 fully saturated rings. The van der Waals surface area contributed by atoms with E-state index >= 15 is 0 Å². The number of benzene rings is 1. The van der Waals surface area contributed by atoms with Gasteiger partial charge in [0, 0.05) is 6.42 Å². The number of hydrogen-bond acceptors (Lipinski definition) is 5. The van der Waals surface area contributed by atoms with Crippen LogP contribution in [0.3, 0.4) is 0 Å². The van der Waals surface area contributed by atoms with Gasteiger partial charge in [-0.1, -0.05) is 12.1 Å². The summed E-state index contributed by atoms with van der Waals surface area (Å²) in [7, 11) is 0. The molecule has 1 atom stereocenters. The number of aromatic hydroxyl groups is 1. The molecule has 6 N–H and O–H groups in total. The Bertz CT molecular complexity index is 521. The van der Waals surface area contributed by atoms with Gasteiger partial charge in [-0.05, 0) is 17.7 Å². The molecule has 1 rings (SSSR count). The van der Waals surface area contributed by atoms with E-state index in [9.17, 15) is 14.4 Å². The van der Waals surface area contributed by atoms with Crippen molar-refractivity contribution in [3.05, 3.63) is 29.8 Å². The Hall–Kier alpha value is -2.32. The van der Waals surface area contributed by atoms with E-state index in [2.05, 4.69) is 10.6 Å². The van der Waals surface area contributed by atoms with Crippen LogP contribution < -0.4 is 16.4 Å². The summed E-state index contributed by atoms with van der Waals surface area (Å²) in [6.45, 7) is -0.585. The number of nitrogens with two attached hydrogens (primary N) is 1. The number of hydrogen-bond donors (Lipinski definition) is 5. The van der Waals surface area contributed by atoms with Crippen LogP contribution in [-0.4, -0.2) is 47.1 Å². The van der Waals surface area contributed by atoms with Crippen LogP contribution in [0.2, 0.25) is 0 Å². The molecule has 0 aromatic heterocycles. The van der Waals surface area contributed by atoms with Crippen LogP contribution in [0, 0.1) is 0 Å². The molecule has 0 saturated carbocycles. The highest BCUT2D eigenvalue weighted by atomic mass is 35.5. The average molecular weight is 332 g/mol. The van der Waals surface area contributed by atoms with Gasteiger partial charge >= 0.3 is 5.97 Å². The molecule has 0 radical (unpaired) electrons. The van der Waals surface area contributed by atoms with Gasteiger partial charge in [-0.3, -0.25) is 9.59 Å². The molecule has 0 aliphatic heterocycles. The van der Waals surface area contributed by atoms with Crippen LogP contribution in [0.4, 0.5) is 0 Å². The first kappa shape index (κ1) is 19.7. The maximum absolute atomic E-state index is 11.6. The predicted octanol–water partition coefficient (Wildman–Crippen LogP) is -0.999. The molecule has 0 heterocycles. The summed E-state index contributed by atoms with van der Waals surface area (Å²) in [6.07, 6.45) is 0.0617. The number of carbonyl (C=O) groups excluding carboxylic acids is 2. The van der Waals surface area contributed by atoms with Gasteiger partial charge in [-0.15, -0.1) is 12.4 Å². The first-order chi connectivity index (χ1) is 9.92. The number of aliphatic carboxylic acids is 1. The van der Waals surface area contributed by atoms with Crippen molar-refractivity contribution in [2.45, 2.75) is 12.5 Å². The van der Waals surface area contributed by atoms with Gasteiger partial charge in [0.15, 0.2) is 0 Å². The minimum atomic E-state index is -1.19. The molecule has 122 valence electrons. The van der Waals surface area contributed by atoms with Crippen molar-refractivity contribution in [1.82, 2.24) is 10.6 Å². The Morgan fingerprint density at radius 1 is 1.14 bits per heavy atom. The number of nitrogens with one attached hydrogen (secondary N) is 2. The van der Waals surface area contributed by atoms with Gasteiger partial charge in [-0.2, -0.15) is 0 Å². The highest BCUT2D eigenvalue weighted by Crippen LogP contribution is 2.11. The zero-order chi connectivity index (χ0) is 15.8. The summed E-state index contributed by atoms with van der Waals surface area (Å²) in [5.74, 6) is -2.25. The third-order valence-corrected chi connectivity index (χ3v) is 2.64. The summed E-state index contributed by atoms with van der Waals surface area (Å²) in [5.41, 5.74) is 5.71. The van der Waals surface area contributed by atoms with Crippen molar-refractivity contribution in [2.75, 3.05) is 13.1 Å². The normalized spacial score (nSPS) is 11.0. The maximum Gasteiger partial charge on any atom is 0.326 e. The molecule has 1 aromatic carbocycles. The van der Waals surface area contributed by atoms with Crippen LogP contribution in [0.5, 0.6) is 5.75 Å². The lowest BCUT2D eigenvalue weighted by Crippen LogP contribution is -2.47. The topological polar surface area (TPSA) is 142 Å². The third-order valence-electron chi connectivity index (χ3n) is 2.64. The fourth-order valence-corrected chi connectivity index (χ4v) is 1.56. The van der Waals surface area contributed by atoms with Gasteiger partial charge in [0.1, 0.15) is 11.8 Å². The second-order valence-corrected chi connectivity index (χ2v) is 4.31. The molecule has 22 heavy (non-hydrogen) atoms. The lowest BCUT2D eigenvalue weighted by atomic mass is 10.1. The number of rotatable bonds is 7. The highest BCUT2D eigenvalue weighted by molar-refractivity contribution is 5.88. The lowest BCUT2D eigenvalue weighted by Gasteiger charge is -2.15. The molecule has 8 nitrogen and oxygen atoms in total. The fourth-order valence-electron chi connectivity index (χ4n) is 1.56. The van der Waals surface area contributed by atoms with Crippen molar-refractivity contribution in [3.63, 3.8) is 0 Å².